The molecule has 0 spiro atoms. The fourth-order valence-electron chi connectivity index (χ4n) is 1.91. The van der Waals surface area contributed by atoms with Crippen LogP contribution < -0.4 is 0 Å². The van der Waals surface area contributed by atoms with Gasteiger partial charge in [0.1, 0.15) is 0 Å². The predicted molar refractivity (Wildman–Crippen MR) is 43.3 cm³/mol. The molecule has 2 heteroatoms. The quantitative estimate of drug-likeness (QED) is 0.587. The summed E-state index contributed by atoms with van der Waals surface area (Å²) in [4.78, 5) is 10.7. The van der Waals surface area contributed by atoms with Gasteiger partial charge in [0.2, 0.25) is 0 Å². The molecular formula is C9H14O2. The zero-order chi connectivity index (χ0) is 8.81. The second-order valence-electron chi connectivity index (χ2n) is 3.91. The summed E-state index contributed by atoms with van der Waals surface area (Å²) in [6.45, 7) is 7.91. The van der Waals surface area contributed by atoms with Crippen molar-refractivity contribution in [3.05, 3.63) is 11.1 Å². The average molecular weight is 154 g/mol. The van der Waals surface area contributed by atoms with Crippen LogP contribution in [0.25, 0.3) is 0 Å². The highest BCUT2D eigenvalue weighted by Crippen LogP contribution is 2.59. The van der Waals surface area contributed by atoms with Crippen LogP contribution in [0, 0.1) is 11.3 Å². The Morgan fingerprint density at radius 2 is 1.91 bits per heavy atom. The van der Waals surface area contributed by atoms with Gasteiger partial charge < -0.3 is 5.11 Å². The predicted octanol–water partition coefficient (Wildman–Crippen LogP) is 2.06. The van der Waals surface area contributed by atoms with E-state index in [1.807, 2.05) is 27.7 Å². The number of carbonyl (C=O) groups is 1. The first kappa shape index (κ1) is 8.31. The zero-order valence-electron chi connectivity index (χ0n) is 7.43. The van der Waals surface area contributed by atoms with Gasteiger partial charge in [-0.2, -0.15) is 0 Å². The van der Waals surface area contributed by atoms with Crippen molar-refractivity contribution in [3.8, 4) is 0 Å². The van der Waals surface area contributed by atoms with Crippen molar-refractivity contribution in [2.45, 2.75) is 27.7 Å². The van der Waals surface area contributed by atoms with Gasteiger partial charge in [-0.15, -0.1) is 0 Å². The number of hydrogen-bond acceptors (Lipinski definition) is 1. The standard InChI is InChI=1S/C9H14O2/c1-5(2)6-7(8(10)11)9(6,3)4/h7H,1-4H3,(H,10,11)/t7-/m1/s1. The molecule has 1 rings (SSSR count). The van der Waals surface area contributed by atoms with Crippen LogP contribution in [0.4, 0.5) is 0 Å². The Labute approximate surface area is 66.9 Å². The summed E-state index contributed by atoms with van der Waals surface area (Å²) in [5, 5.41) is 8.77. The number of aliphatic carboxylic acids is 1. The van der Waals surface area contributed by atoms with Crippen molar-refractivity contribution in [1.29, 1.82) is 0 Å². The fraction of sp³-hybridized carbons (Fsp3) is 0.667. The summed E-state index contributed by atoms with van der Waals surface area (Å²) in [5.41, 5.74) is 2.16. The Kier molecular flexibility index (Phi) is 1.58. The molecule has 0 unspecified atom stereocenters. The van der Waals surface area contributed by atoms with E-state index in [2.05, 4.69) is 0 Å². The third-order valence-corrected chi connectivity index (χ3v) is 2.41. The number of carboxylic acid groups (broad SMARTS) is 1. The van der Waals surface area contributed by atoms with Gasteiger partial charge in [0.25, 0.3) is 0 Å². The first-order chi connectivity index (χ1) is 4.89. The maximum atomic E-state index is 10.7. The highest BCUT2D eigenvalue weighted by molar-refractivity contribution is 5.82. The lowest BCUT2D eigenvalue weighted by molar-refractivity contribution is -0.139. The molecule has 62 valence electrons. The van der Waals surface area contributed by atoms with Crippen LogP contribution in [0.3, 0.4) is 0 Å². The summed E-state index contributed by atoms with van der Waals surface area (Å²) in [5.74, 6) is -0.918. The van der Waals surface area contributed by atoms with Crippen molar-refractivity contribution in [2.75, 3.05) is 0 Å². The summed E-state index contributed by atoms with van der Waals surface area (Å²) in [6.07, 6.45) is 0. The average Bonchev–Trinajstić information content (AvgIpc) is 2.33. The van der Waals surface area contributed by atoms with Crippen LogP contribution in [-0.4, -0.2) is 11.1 Å². The number of hydrogen-bond donors (Lipinski definition) is 1. The third-order valence-electron chi connectivity index (χ3n) is 2.41. The van der Waals surface area contributed by atoms with E-state index < -0.39 is 5.97 Å². The van der Waals surface area contributed by atoms with Crippen LogP contribution in [0.1, 0.15) is 27.7 Å². The summed E-state index contributed by atoms with van der Waals surface area (Å²) >= 11 is 0. The Morgan fingerprint density at radius 3 is 2.00 bits per heavy atom. The summed E-state index contributed by atoms with van der Waals surface area (Å²) < 4.78 is 0. The largest absolute Gasteiger partial charge is 0.481 e. The SMILES string of the molecule is CC(C)=C1[C@H](C(=O)O)C1(C)C. The van der Waals surface area contributed by atoms with E-state index in [0.717, 1.165) is 11.1 Å². The van der Waals surface area contributed by atoms with Crippen LogP contribution >= 0.6 is 0 Å². The Bertz CT molecular complexity index is 232. The topological polar surface area (TPSA) is 37.3 Å². The van der Waals surface area contributed by atoms with Crippen molar-refractivity contribution < 1.29 is 9.90 Å². The summed E-state index contributed by atoms with van der Waals surface area (Å²) in [6, 6.07) is 0. The van der Waals surface area contributed by atoms with E-state index in [-0.39, 0.29) is 11.3 Å². The summed E-state index contributed by atoms with van der Waals surface area (Å²) in [7, 11) is 0. The van der Waals surface area contributed by atoms with Crippen molar-refractivity contribution >= 4 is 5.97 Å². The minimum absolute atomic E-state index is 0.0926. The number of rotatable bonds is 1. The van der Waals surface area contributed by atoms with E-state index in [0.29, 0.717) is 0 Å². The van der Waals surface area contributed by atoms with E-state index >= 15 is 0 Å². The Balaban J connectivity index is 2.94. The monoisotopic (exact) mass is 154 g/mol. The highest BCUT2D eigenvalue weighted by atomic mass is 16.4. The second kappa shape index (κ2) is 2.10. The Hall–Kier alpha value is -0.790. The lowest BCUT2D eigenvalue weighted by Crippen LogP contribution is -2.02. The van der Waals surface area contributed by atoms with Crippen LogP contribution in [0.2, 0.25) is 0 Å². The molecule has 2 nitrogen and oxygen atoms in total. The van der Waals surface area contributed by atoms with Crippen LogP contribution in [0.5, 0.6) is 0 Å². The van der Waals surface area contributed by atoms with Crippen molar-refractivity contribution in [2.24, 2.45) is 11.3 Å². The molecule has 1 fully saturated rings. The molecule has 0 bridgehead atoms. The molecule has 1 saturated carbocycles. The second-order valence-corrected chi connectivity index (χ2v) is 3.91. The maximum absolute atomic E-state index is 10.7. The highest BCUT2D eigenvalue weighted by Gasteiger charge is 2.57. The molecule has 0 aromatic heterocycles. The van der Waals surface area contributed by atoms with Crippen molar-refractivity contribution in [3.63, 3.8) is 0 Å². The van der Waals surface area contributed by atoms with Gasteiger partial charge in [0.15, 0.2) is 0 Å². The molecule has 0 saturated heterocycles. The molecule has 0 heterocycles. The third kappa shape index (κ3) is 1.06. The van der Waals surface area contributed by atoms with Crippen LogP contribution in [-0.2, 0) is 4.79 Å². The smallest absolute Gasteiger partial charge is 0.311 e. The molecular weight excluding hydrogens is 140 g/mol. The molecule has 0 amide bonds. The normalized spacial score (nSPS) is 26.5. The molecule has 1 atom stereocenters. The Morgan fingerprint density at radius 1 is 1.45 bits per heavy atom. The van der Waals surface area contributed by atoms with Gasteiger partial charge in [-0.1, -0.05) is 19.4 Å². The molecule has 1 aliphatic rings. The van der Waals surface area contributed by atoms with Gasteiger partial charge in [0.05, 0.1) is 5.92 Å². The molecule has 0 aromatic carbocycles. The number of allylic oxidation sites excluding steroid dienone is 1. The minimum atomic E-state index is -0.689. The van der Waals surface area contributed by atoms with Crippen LogP contribution in [0.15, 0.2) is 11.1 Å². The molecule has 0 aliphatic heterocycles. The van der Waals surface area contributed by atoms with Crippen molar-refractivity contribution in [1.82, 2.24) is 0 Å². The van der Waals surface area contributed by atoms with Gasteiger partial charge in [-0.25, -0.2) is 0 Å². The molecule has 1 aliphatic carbocycles. The van der Waals surface area contributed by atoms with Gasteiger partial charge in [-0.3, -0.25) is 4.79 Å². The number of carboxylic acids is 1. The molecule has 0 aromatic rings. The lowest BCUT2D eigenvalue weighted by atomic mass is 10.1. The zero-order valence-corrected chi connectivity index (χ0v) is 7.43. The lowest BCUT2D eigenvalue weighted by Gasteiger charge is -1.94. The van der Waals surface area contributed by atoms with E-state index in [1.165, 1.54) is 0 Å². The maximum Gasteiger partial charge on any atom is 0.311 e. The fourth-order valence-corrected chi connectivity index (χ4v) is 1.91. The van der Waals surface area contributed by atoms with Gasteiger partial charge in [-0.05, 0) is 19.4 Å². The first-order valence-electron chi connectivity index (χ1n) is 3.79. The van der Waals surface area contributed by atoms with E-state index in [1.54, 1.807) is 0 Å². The minimum Gasteiger partial charge on any atom is -0.481 e. The van der Waals surface area contributed by atoms with Gasteiger partial charge in [0, 0.05) is 5.41 Å². The first-order valence-corrected chi connectivity index (χ1v) is 3.79. The van der Waals surface area contributed by atoms with Gasteiger partial charge >= 0.3 is 5.97 Å². The molecule has 11 heavy (non-hydrogen) atoms. The van der Waals surface area contributed by atoms with E-state index in [9.17, 15) is 4.79 Å². The molecule has 0 radical (unpaired) electrons. The van der Waals surface area contributed by atoms with E-state index in [4.69, 9.17) is 5.11 Å². The molecule has 1 N–H and O–H groups in total.